The Hall–Kier alpha value is -3.74. The van der Waals surface area contributed by atoms with Gasteiger partial charge in [-0.05, 0) is 87.8 Å². The van der Waals surface area contributed by atoms with Crippen molar-refractivity contribution in [3.8, 4) is 5.69 Å². The number of para-hydroxylation sites is 1. The van der Waals surface area contributed by atoms with Crippen LogP contribution in [-0.4, -0.2) is 56.7 Å². The van der Waals surface area contributed by atoms with Gasteiger partial charge >= 0.3 is 0 Å². The minimum absolute atomic E-state index is 0.0757. The van der Waals surface area contributed by atoms with Crippen molar-refractivity contribution >= 4 is 22.8 Å². The van der Waals surface area contributed by atoms with Crippen molar-refractivity contribution in [3.63, 3.8) is 0 Å². The topological polar surface area (TPSA) is 67.2 Å². The maximum atomic E-state index is 14.1. The summed E-state index contributed by atoms with van der Waals surface area (Å²) in [6.45, 7) is 7.24. The van der Waals surface area contributed by atoms with Gasteiger partial charge in [0.25, 0.3) is 0 Å². The van der Waals surface area contributed by atoms with Crippen LogP contribution < -0.4 is 4.90 Å². The first-order valence-electron chi connectivity index (χ1n) is 15.9. The summed E-state index contributed by atoms with van der Waals surface area (Å²) in [4.78, 5) is 28.9. The lowest BCUT2D eigenvalue weighted by molar-refractivity contribution is -0.158. The Bertz CT molecular complexity index is 1600. The second kappa shape index (κ2) is 9.92. The molecule has 0 radical (unpaired) electrons. The molecule has 2 aromatic heterocycles. The van der Waals surface area contributed by atoms with E-state index in [1.807, 2.05) is 22.9 Å². The number of carbonyl (C=O) groups is 1. The number of anilines is 1. The maximum Gasteiger partial charge on any atom is 0.228 e. The van der Waals surface area contributed by atoms with Crippen molar-refractivity contribution in [2.75, 3.05) is 31.1 Å². The van der Waals surface area contributed by atoms with Gasteiger partial charge in [0.1, 0.15) is 11.6 Å². The molecule has 5 fully saturated rings. The molecule has 0 unspecified atom stereocenters. The van der Waals surface area contributed by atoms with Gasteiger partial charge in [0.15, 0.2) is 5.65 Å². The fourth-order valence-electron chi connectivity index (χ4n) is 8.98. The van der Waals surface area contributed by atoms with Gasteiger partial charge in [-0.3, -0.25) is 4.79 Å². The molecule has 2 aromatic carbocycles. The van der Waals surface area contributed by atoms with E-state index in [-0.39, 0.29) is 5.41 Å². The highest BCUT2D eigenvalue weighted by atomic mass is 16.2. The Balaban J connectivity index is 1.10. The van der Waals surface area contributed by atoms with E-state index in [2.05, 4.69) is 60.0 Å². The number of amides is 1. The molecular formula is C35H40N6O. The number of carbonyl (C=O) groups excluding carboxylic acids is 1. The third-order valence-corrected chi connectivity index (χ3v) is 10.6. The summed E-state index contributed by atoms with van der Waals surface area (Å²) in [6.07, 6.45) is 8.15. The number of aromatic nitrogens is 4. The third-order valence-electron chi connectivity index (χ3n) is 10.6. The van der Waals surface area contributed by atoms with Crippen LogP contribution in [0.4, 0.5) is 5.82 Å². The van der Waals surface area contributed by atoms with Crippen molar-refractivity contribution in [1.82, 2.24) is 24.6 Å². The van der Waals surface area contributed by atoms with Crippen LogP contribution in [0.1, 0.15) is 61.2 Å². The summed E-state index contributed by atoms with van der Waals surface area (Å²) in [5.74, 6) is 4.54. The van der Waals surface area contributed by atoms with E-state index < -0.39 is 0 Å². The quantitative estimate of drug-likeness (QED) is 0.305. The highest BCUT2D eigenvalue weighted by Gasteiger charge is 2.55. The van der Waals surface area contributed by atoms with Crippen molar-refractivity contribution in [2.45, 2.75) is 58.8 Å². The predicted octanol–water partition coefficient (Wildman–Crippen LogP) is 5.89. The summed E-state index contributed by atoms with van der Waals surface area (Å²) in [5.41, 5.74) is 5.13. The normalized spacial score (nSPS) is 26.8. The minimum atomic E-state index is -0.0757. The summed E-state index contributed by atoms with van der Waals surface area (Å²) < 4.78 is 1.96. The van der Waals surface area contributed by atoms with Crippen LogP contribution in [0.2, 0.25) is 0 Å². The molecule has 5 aliphatic rings. The molecule has 1 aliphatic heterocycles. The van der Waals surface area contributed by atoms with Crippen LogP contribution in [0.3, 0.4) is 0 Å². The number of nitrogens with zero attached hydrogens (tertiary/aromatic N) is 6. The Morgan fingerprint density at radius 2 is 1.48 bits per heavy atom. The van der Waals surface area contributed by atoms with E-state index in [4.69, 9.17) is 15.1 Å². The number of fused-ring (bicyclic) bond motifs is 1. The molecule has 42 heavy (non-hydrogen) atoms. The second-order valence-electron chi connectivity index (χ2n) is 13.6. The molecule has 216 valence electrons. The zero-order valence-corrected chi connectivity index (χ0v) is 24.8. The van der Waals surface area contributed by atoms with Crippen LogP contribution in [0.15, 0.2) is 54.6 Å². The lowest BCUT2D eigenvalue weighted by atomic mass is 9.49. The lowest BCUT2D eigenvalue weighted by Crippen LogP contribution is -2.58. The largest absolute Gasteiger partial charge is 0.352 e. The monoisotopic (exact) mass is 560 g/mol. The van der Waals surface area contributed by atoms with Crippen LogP contribution in [0, 0.1) is 37.0 Å². The number of piperazine rings is 1. The highest BCUT2D eigenvalue weighted by Crippen LogP contribution is 2.60. The lowest BCUT2D eigenvalue weighted by Gasteiger charge is -2.57. The molecule has 4 aliphatic carbocycles. The molecular weight excluding hydrogens is 520 g/mol. The molecule has 0 spiro atoms. The van der Waals surface area contributed by atoms with Crippen LogP contribution in [-0.2, 0) is 11.2 Å². The molecule has 4 saturated carbocycles. The summed E-state index contributed by atoms with van der Waals surface area (Å²) in [6, 6.07) is 18.9. The number of rotatable bonds is 5. The smallest absolute Gasteiger partial charge is 0.228 e. The molecule has 0 N–H and O–H groups in total. The van der Waals surface area contributed by atoms with Crippen LogP contribution in [0.25, 0.3) is 16.7 Å². The SMILES string of the molecule is Cc1ccc(Cc2nc(N3CCN(C(=O)C45CC6CC(CC(C6)C4)C5)CC3)c3c(C)nn(-c4ccccc4)c3n2)cc1. The van der Waals surface area contributed by atoms with E-state index in [1.165, 1.54) is 30.4 Å². The number of hydrogen-bond acceptors (Lipinski definition) is 5. The van der Waals surface area contributed by atoms with Gasteiger partial charge in [-0.1, -0.05) is 48.0 Å². The van der Waals surface area contributed by atoms with Crippen molar-refractivity contribution in [2.24, 2.45) is 23.2 Å². The van der Waals surface area contributed by atoms with E-state index in [9.17, 15) is 4.79 Å². The summed E-state index contributed by atoms with van der Waals surface area (Å²) in [5, 5.41) is 5.95. The van der Waals surface area contributed by atoms with Crippen LogP contribution in [0.5, 0.6) is 0 Å². The first-order valence-corrected chi connectivity index (χ1v) is 15.9. The van der Waals surface area contributed by atoms with E-state index in [0.29, 0.717) is 12.3 Å². The molecule has 4 bridgehead atoms. The molecule has 9 rings (SSSR count). The molecule has 1 saturated heterocycles. The minimum Gasteiger partial charge on any atom is -0.352 e. The van der Waals surface area contributed by atoms with Gasteiger partial charge in [0.05, 0.1) is 22.2 Å². The fourth-order valence-corrected chi connectivity index (χ4v) is 8.98. The van der Waals surface area contributed by atoms with Gasteiger partial charge in [0, 0.05) is 32.6 Å². The molecule has 7 nitrogen and oxygen atoms in total. The Labute approximate surface area is 248 Å². The highest BCUT2D eigenvalue weighted by molar-refractivity contribution is 5.91. The predicted molar refractivity (Wildman–Crippen MR) is 165 cm³/mol. The van der Waals surface area contributed by atoms with E-state index >= 15 is 0 Å². The third kappa shape index (κ3) is 4.40. The maximum absolute atomic E-state index is 14.1. The van der Waals surface area contributed by atoms with Crippen molar-refractivity contribution < 1.29 is 4.79 Å². The first-order chi connectivity index (χ1) is 20.4. The molecule has 1 amide bonds. The molecule has 3 heterocycles. The zero-order chi connectivity index (χ0) is 28.4. The fraction of sp³-hybridized carbons (Fsp3) is 0.486. The average molecular weight is 561 g/mol. The van der Waals surface area contributed by atoms with Gasteiger partial charge in [-0.15, -0.1) is 0 Å². The Kier molecular flexibility index (Phi) is 6.13. The van der Waals surface area contributed by atoms with E-state index in [1.54, 1.807) is 0 Å². The van der Waals surface area contributed by atoms with Gasteiger partial charge in [-0.2, -0.15) is 5.10 Å². The van der Waals surface area contributed by atoms with Gasteiger partial charge in [-0.25, -0.2) is 14.6 Å². The van der Waals surface area contributed by atoms with Gasteiger partial charge < -0.3 is 9.80 Å². The Morgan fingerprint density at radius 1 is 0.833 bits per heavy atom. The number of benzene rings is 2. The first kappa shape index (κ1) is 25.9. The Morgan fingerprint density at radius 3 is 2.12 bits per heavy atom. The van der Waals surface area contributed by atoms with Crippen LogP contribution >= 0.6 is 0 Å². The van der Waals surface area contributed by atoms with E-state index in [0.717, 1.165) is 97.3 Å². The van der Waals surface area contributed by atoms with Crippen molar-refractivity contribution in [3.05, 3.63) is 77.2 Å². The zero-order valence-electron chi connectivity index (χ0n) is 24.8. The number of hydrogen-bond donors (Lipinski definition) is 0. The standard InChI is InChI=1S/C35H40N6O/c1-23-8-10-25(11-9-23)19-30-36-32(31-24(2)38-41(33(31)37-30)29-6-4-3-5-7-29)39-12-14-40(15-13-39)34(42)35-20-26-16-27(21-35)18-28(17-26)22-35/h3-11,26-28H,12-22H2,1-2H3. The molecule has 4 aromatic rings. The number of aryl methyl sites for hydroxylation is 2. The second-order valence-corrected chi connectivity index (χ2v) is 13.6. The van der Waals surface area contributed by atoms with Gasteiger partial charge in [0.2, 0.25) is 5.91 Å². The summed E-state index contributed by atoms with van der Waals surface area (Å²) >= 11 is 0. The van der Waals surface area contributed by atoms with Crippen molar-refractivity contribution in [1.29, 1.82) is 0 Å². The summed E-state index contributed by atoms with van der Waals surface area (Å²) in [7, 11) is 0. The average Bonchev–Trinajstić information content (AvgIpc) is 3.33. The molecule has 7 heteroatoms. The molecule has 0 atom stereocenters.